The summed E-state index contributed by atoms with van der Waals surface area (Å²) in [5.41, 5.74) is 2.14. The molecular weight excluding hydrogens is 345 g/mol. The van der Waals surface area contributed by atoms with Crippen LogP contribution in [0.4, 0.5) is 4.39 Å². The Labute approximate surface area is 146 Å². The smallest absolute Gasteiger partial charge is 0.326 e. The van der Waals surface area contributed by atoms with E-state index < -0.39 is 17.9 Å². The topological polar surface area (TPSA) is 83.7 Å². The number of amides is 1. The van der Waals surface area contributed by atoms with Gasteiger partial charge in [-0.25, -0.2) is 14.2 Å². The standard InChI is InChI=1S/C17H16FN3O3S/c1-3-12(16(23)24)19-15(22)14-9(2)21-8-13(20-17(21)25-14)10-4-6-11(18)7-5-10/h4-8,12H,3H2,1-2H3,(H,19,22)(H,23,24). The number of carboxylic acid groups (broad SMARTS) is 1. The van der Waals surface area contributed by atoms with Gasteiger partial charge < -0.3 is 10.4 Å². The zero-order chi connectivity index (χ0) is 18.1. The predicted octanol–water partition coefficient (Wildman–Crippen LogP) is 3.10. The molecule has 3 rings (SSSR count). The number of thiazole rings is 1. The van der Waals surface area contributed by atoms with Crippen LogP contribution in [0.15, 0.2) is 30.5 Å². The third-order valence-electron chi connectivity index (χ3n) is 3.91. The van der Waals surface area contributed by atoms with Crippen molar-refractivity contribution < 1.29 is 19.1 Å². The number of halogens is 1. The minimum Gasteiger partial charge on any atom is -0.480 e. The fourth-order valence-corrected chi connectivity index (χ4v) is 3.49. The van der Waals surface area contributed by atoms with E-state index in [9.17, 15) is 14.0 Å². The Bertz CT molecular complexity index is 946. The fraction of sp³-hybridized carbons (Fsp3) is 0.235. The van der Waals surface area contributed by atoms with Crippen molar-refractivity contribution in [1.29, 1.82) is 0 Å². The van der Waals surface area contributed by atoms with Gasteiger partial charge in [0.15, 0.2) is 4.96 Å². The third-order valence-corrected chi connectivity index (χ3v) is 5.07. The van der Waals surface area contributed by atoms with E-state index in [1.54, 1.807) is 36.6 Å². The lowest BCUT2D eigenvalue weighted by Gasteiger charge is -2.11. The average Bonchev–Trinajstić information content (AvgIpc) is 3.12. The number of benzene rings is 1. The molecule has 6 nitrogen and oxygen atoms in total. The molecule has 0 aliphatic carbocycles. The average molecular weight is 361 g/mol. The minimum atomic E-state index is -1.06. The number of rotatable bonds is 5. The van der Waals surface area contributed by atoms with Crippen molar-refractivity contribution in [2.75, 3.05) is 0 Å². The van der Waals surface area contributed by atoms with Crippen LogP contribution < -0.4 is 5.32 Å². The molecule has 0 radical (unpaired) electrons. The van der Waals surface area contributed by atoms with Crippen molar-refractivity contribution in [3.8, 4) is 11.3 Å². The highest BCUT2D eigenvalue weighted by atomic mass is 32.1. The minimum absolute atomic E-state index is 0.303. The van der Waals surface area contributed by atoms with Crippen molar-refractivity contribution in [2.45, 2.75) is 26.3 Å². The fourth-order valence-electron chi connectivity index (χ4n) is 2.48. The van der Waals surface area contributed by atoms with E-state index in [1.807, 2.05) is 0 Å². The number of fused-ring (bicyclic) bond motifs is 1. The first-order valence-corrected chi connectivity index (χ1v) is 8.50. The lowest BCUT2D eigenvalue weighted by molar-refractivity contribution is -0.139. The second-order valence-corrected chi connectivity index (χ2v) is 6.55. The van der Waals surface area contributed by atoms with Crippen LogP contribution in [0.25, 0.3) is 16.2 Å². The predicted molar refractivity (Wildman–Crippen MR) is 92.4 cm³/mol. The van der Waals surface area contributed by atoms with Gasteiger partial charge in [0.25, 0.3) is 5.91 Å². The number of hydrogen-bond acceptors (Lipinski definition) is 4. The van der Waals surface area contributed by atoms with Crippen molar-refractivity contribution in [2.24, 2.45) is 0 Å². The van der Waals surface area contributed by atoms with E-state index >= 15 is 0 Å². The Kier molecular flexibility index (Phi) is 4.54. The van der Waals surface area contributed by atoms with Crippen LogP contribution in [0.2, 0.25) is 0 Å². The maximum absolute atomic E-state index is 13.0. The summed E-state index contributed by atoms with van der Waals surface area (Å²) in [4.78, 5) is 28.9. The molecule has 8 heteroatoms. The van der Waals surface area contributed by atoms with Crippen LogP contribution in [0.1, 0.15) is 28.7 Å². The highest BCUT2D eigenvalue weighted by molar-refractivity contribution is 7.19. The van der Waals surface area contributed by atoms with Crippen LogP contribution in [-0.2, 0) is 4.79 Å². The van der Waals surface area contributed by atoms with Gasteiger partial charge in [-0.1, -0.05) is 18.3 Å². The molecule has 0 aliphatic heterocycles. The van der Waals surface area contributed by atoms with Crippen LogP contribution in [-0.4, -0.2) is 32.4 Å². The van der Waals surface area contributed by atoms with Gasteiger partial charge in [-0.2, -0.15) is 0 Å². The molecule has 2 heterocycles. The van der Waals surface area contributed by atoms with Crippen molar-refractivity contribution >= 4 is 28.2 Å². The summed E-state index contributed by atoms with van der Waals surface area (Å²) in [5, 5.41) is 11.6. The van der Waals surface area contributed by atoms with Gasteiger partial charge in [0.05, 0.1) is 5.69 Å². The monoisotopic (exact) mass is 361 g/mol. The SMILES string of the molecule is CCC(NC(=O)c1sc2nc(-c3ccc(F)cc3)cn2c1C)C(=O)O. The number of nitrogens with one attached hydrogen (secondary N) is 1. The molecule has 130 valence electrons. The van der Waals surface area contributed by atoms with Crippen molar-refractivity contribution in [1.82, 2.24) is 14.7 Å². The quantitative estimate of drug-likeness (QED) is 0.731. The van der Waals surface area contributed by atoms with E-state index in [0.29, 0.717) is 27.6 Å². The van der Waals surface area contributed by atoms with Gasteiger partial charge in [-0.3, -0.25) is 9.20 Å². The van der Waals surface area contributed by atoms with Gasteiger partial charge in [0.2, 0.25) is 0 Å². The molecule has 0 spiro atoms. The molecule has 1 aromatic carbocycles. The number of nitrogens with zero attached hydrogens (tertiary/aromatic N) is 2. The van der Waals surface area contributed by atoms with E-state index in [2.05, 4.69) is 10.3 Å². The van der Waals surface area contributed by atoms with E-state index in [4.69, 9.17) is 5.11 Å². The van der Waals surface area contributed by atoms with Gasteiger partial charge >= 0.3 is 5.97 Å². The Morgan fingerprint density at radius 3 is 2.60 bits per heavy atom. The molecule has 3 aromatic rings. The highest BCUT2D eigenvalue weighted by Crippen LogP contribution is 2.27. The summed E-state index contributed by atoms with van der Waals surface area (Å²) < 4.78 is 14.8. The Morgan fingerprint density at radius 2 is 2.04 bits per heavy atom. The van der Waals surface area contributed by atoms with E-state index in [0.717, 1.165) is 5.56 Å². The molecule has 1 atom stereocenters. The number of aryl methyl sites for hydroxylation is 1. The zero-order valence-corrected chi connectivity index (χ0v) is 14.4. The van der Waals surface area contributed by atoms with E-state index in [1.165, 1.54) is 23.5 Å². The molecule has 0 aliphatic rings. The Hall–Kier alpha value is -2.74. The number of aliphatic carboxylic acids is 1. The normalized spacial score (nSPS) is 12.3. The first kappa shape index (κ1) is 17.1. The first-order chi connectivity index (χ1) is 11.9. The van der Waals surface area contributed by atoms with Gasteiger partial charge in [-0.15, -0.1) is 0 Å². The maximum Gasteiger partial charge on any atom is 0.326 e. The lowest BCUT2D eigenvalue weighted by Crippen LogP contribution is -2.40. The summed E-state index contributed by atoms with van der Waals surface area (Å²) in [5.74, 6) is -1.80. The number of carbonyl (C=O) groups is 2. The van der Waals surface area contributed by atoms with E-state index in [-0.39, 0.29) is 5.82 Å². The van der Waals surface area contributed by atoms with Crippen LogP contribution in [0.5, 0.6) is 0 Å². The molecule has 0 bridgehead atoms. The van der Waals surface area contributed by atoms with Crippen molar-refractivity contribution in [3.63, 3.8) is 0 Å². The van der Waals surface area contributed by atoms with Crippen LogP contribution in [0, 0.1) is 12.7 Å². The van der Waals surface area contributed by atoms with Crippen LogP contribution in [0.3, 0.4) is 0 Å². The number of carboxylic acids is 1. The number of carbonyl (C=O) groups excluding carboxylic acids is 1. The molecule has 0 saturated heterocycles. The van der Waals surface area contributed by atoms with Crippen LogP contribution >= 0.6 is 11.3 Å². The zero-order valence-electron chi connectivity index (χ0n) is 13.6. The second-order valence-electron chi connectivity index (χ2n) is 5.57. The largest absolute Gasteiger partial charge is 0.480 e. The summed E-state index contributed by atoms with van der Waals surface area (Å²) in [7, 11) is 0. The summed E-state index contributed by atoms with van der Waals surface area (Å²) >= 11 is 1.19. The maximum atomic E-state index is 13.0. The first-order valence-electron chi connectivity index (χ1n) is 7.68. The number of hydrogen-bond donors (Lipinski definition) is 2. The van der Waals surface area contributed by atoms with Crippen molar-refractivity contribution in [3.05, 3.63) is 46.9 Å². The summed E-state index contributed by atoms with van der Waals surface area (Å²) in [6.07, 6.45) is 2.08. The molecule has 0 saturated carbocycles. The summed E-state index contributed by atoms with van der Waals surface area (Å²) in [6, 6.07) is 5.10. The van der Waals surface area contributed by atoms with Gasteiger partial charge in [0.1, 0.15) is 16.7 Å². The molecule has 2 aromatic heterocycles. The number of imidazole rings is 1. The highest BCUT2D eigenvalue weighted by Gasteiger charge is 2.23. The summed E-state index contributed by atoms with van der Waals surface area (Å²) in [6.45, 7) is 3.47. The second kappa shape index (κ2) is 6.64. The van der Waals surface area contributed by atoms with Gasteiger partial charge in [0, 0.05) is 17.5 Å². The number of aromatic nitrogens is 2. The molecule has 1 amide bonds. The molecule has 0 fully saturated rings. The lowest BCUT2D eigenvalue weighted by atomic mass is 10.2. The Balaban J connectivity index is 1.91. The third kappa shape index (κ3) is 3.25. The molecule has 25 heavy (non-hydrogen) atoms. The molecular formula is C17H16FN3O3S. The molecule has 1 unspecified atom stereocenters. The molecule has 2 N–H and O–H groups in total. The van der Waals surface area contributed by atoms with Gasteiger partial charge in [-0.05, 0) is 37.6 Å². The Morgan fingerprint density at radius 1 is 1.36 bits per heavy atom.